The lowest BCUT2D eigenvalue weighted by molar-refractivity contribution is 0.419. The summed E-state index contributed by atoms with van der Waals surface area (Å²) in [5.41, 5.74) is 0.634. The van der Waals surface area contributed by atoms with Crippen molar-refractivity contribution in [2.75, 3.05) is 31.5 Å². The van der Waals surface area contributed by atoms with Crippen molar-refractivity contribution in [3.63, 3.8) is 0 Å². The minimum atomic E-state index is -3.77. The van der Waals surface area contributed by atoms with Crippen molar-refractivity contribution in [3.8, 4) is 0 Å². The second kappa shape index (κ2) is 11.5. The molecule has 3 aromatic rings. The molecular weight excluding hydrogens is 495 g/mol. The number of anilines is 1. The fourth-order valence-corrected chi connectivity index (χ4v) is 5.51. The lowest BCUT2D eigenvalue weighted by atomic mass is 10.3. The minimum Gasteiger partial charge on any atom is -0.308 e. The number of rotatable bonds is 8. The summed E-state index contributed by atoms with van der Waals surface area (Å²) in [4.78, 5) is 3.98. The van der Waals surface area contributed by atoms with E-state index < -0.39 is 10.0 Å². The van der Waals surface area contributed by atoms with Crippen LogP contribution < -0.4 is 4.31 Å². The highest BCUT2D eigenvalue weighted by molar-refractivity contribution is 7.99. The van der Waals surface area contributed by atoms with Crippen molar-refractivity contribution in [1.82, 2.24) is 4.90 Å². The molecule has 0 aliphatic carbocycles. The van der Waals surface area contributed by atoms with Crippen LogP contribution in [0.25, 0.3) is 0 Å². The molecule has 0 fully saturated rings. The molecule has 0 radical (unpaired) electrons. The Bertz CT molecular complexity index is 1090. The van der Waals surface area contributed by atoms with Crippen LogP contribution in [0.1, 0.15) is 0 Å². The summed E-state index contributed by atoms with van der Waals surface area (Å²) < 4.78 is 28.6. The van der Waals surface area contributed by atoms with Crippen molar-refractivity contribution in [3.05, 3.63) is 82.8 Å². The van der Waals surface area contributed by atoms with Crippen molar-refractivity contribution >= 4 is 63.1 Å². The first kappa shape index (κ1) is 25.8. The first-order chi connectivity index (χ1) is 14.3. The van der Waals surface area contributed by atoms with Gasteiger partial charge in [0.25, 0.3) is 10.0 Å². The molecule has 0 saturated heterocycles. The topological polar surface area (TPSA) is 40.6 Å². The summed E-state index contributed by atoms with van der Waals surface area (Å²) in [6.07, 6.45) is 0. The lowest BCUT2D eigenvalue weighted by Crippen LogP contribution is -2.37. The van der Waals surface area contributed by atoms with E-state index in [-0.39, 0.29) is 17.3 Å². The fraction of sp³-hybridized carbons (Fsp3) is 0.182. The zero-order valence-corrected chi connectivity index (χ0v) is 21.0. The number of hydrogen-bond donors (Lipinski definition) is 0. The van der Waals surface area contributed by atoms with E-state index >= 15 is 0 Å². The van der Waals surface area contributed by atoms with Gasteiger partial charge in [-0.1, -0.05) is 47.1 Å². The lowest BCUT2D eigenvalue weighted by Gasteiger charge is -2.27. The second-order valence-corrected chi connectivity index (χ2v) is 10.7. The molecule has 166 valence electrons. The molecule has 0 heterocycles. The minimum absolute atomic E-state index is 0. The third-order valence-corrected chi connectivity index (χ3v) is 7.73. The van der Waals surface area contributed by atoms with Crippen molar-refractivity contribution < 1.29 is 8.42 Å². The molecular formula is C22H23Cl3N2O2S2. The van der Waals surface area contributed by atoms with Gasteiger partial charge < -0.3 is 4.90 Å². The SMILES string of the molecule is CN(C)CCN(c1ccccc1Sc1ccc(Cl)cc1)S(=O)(=O)c1ccc(Cl)cc1.Cl. The highest BCUT2D eigenvalue weighted by atomic mass is 35.5. The Kier molecular flexibility index (Phi) is 9.55. The number of hydrogen-bond acceptors (Lipinski definition) is 4. The van der Waals surface area contributed by atoms with Crippen LogP contribution in [0.2, 0.25) is 10.0 Å². The normalized spacial score (nSPS) is 11.3. The summed E-state index contributed by atoms with van der Waals surface area (Å²) in [5.74, 6) is 0. The van der Waals surface area contributed by atoms with Gasteiger partial charge in [-0.25, -0.2) is 8.42 Å². The van der Waals surface area contributed by atoms with Crippen LogP contribution in [0.3, 0.4) is 0 Å². The van der Waals surface area contributed by atoms with Crippen molar-refractivity contribution in [1.29, 1.82) is 0 Å². The maximum Gasteiger partial charge on any atom is 0.264 e. The Labute approximate surface area is 204 Å². The van der Waals surface area contributed by atoms with Gasteiger partial charge in [0.2, 0.25) is 0 Å². The molecule has 0 spiro atoms. The summed E-state index contributed by atoms with van der Waals surface area (Å²) >= 11 is 13.5. The zero-order chi connectivity index (χ0) is 21.7. The highest BCUT2D eigenvalue weighted by Gasteiger charge is 2.27. The molecule has 0 aliphatic heterocycles. The Balaban J connectivity index is 0.00000341. The van der Waals surface area contributed by atoms with Crippen LogP contribution in [0, 0.1) is 0 Å². The first-order valence-electron chi connectivity index (χ1n) is 9.23. The highest BCUT2D eigenvalue weighted by Crippen LogP contribution is 2.37. The van der Waals surface area contributed by atoms with Gasteiger partial charge in [0.15, 0.2) is 0 Å². The van der Waals surface area contributed by atoms with E-state index in [1.165, 1.54) is 28.2 Å². The van der Waals surface area contributed by atoms with Crippen LogP contribution in [-0.4, -0.2) is 40.5 Å². The van der Waals surface area contributed by atoms with Gasteiger partial charge in [0.1, 0.15) is 0 Å². The Hall–Kier alpha value is -1.41. The standard InChI is InChI=1S/C22H22Cl2N2O2S2.ClH/c1-25(2)15-16-26(30(27,28)20-13-9-18(24)10-14-20)21-5-3-4-6-22(21)29-19-11-7-17(23)8-12-19;/h3-14H,15-16H2,1-2H3;1H. The molecule has 0 bridgehead atoms. The van der Waals surface area contributed by atoms with Gasteiger partial charge in [-0.15, -0.1) is 12.4 Å². The predicted octanol–water partition coefficient (Wildman–Crippen LogP) is 6.32. The number of nitrogens with zero attached hydrogens (tertiary/aromatic N) is 2. The van der Waals surface area contributed by atoms with Crippen LogP contribution in [0.15, 0.2) is 87.5 Å². The van der Waals surface area contributed by atoms with Gasteiger partial charge in [-0.3, -0.25) is 4.31 Å². The molecule has 0 unspecified atom stereocenters. The molecule has 31 heavy (non-hydrogen) atoms. The maximum atomic E-state index is 13.5. The Morgan fingerprint density at radius 1 is 0.806 bits per heavy atom. The van der Waals surface area contributed by atoms with Crippen LogP contribution >= 0.6 is 47.4 Å². The second-order valence-electron chi connectivity index (χ2n) is 6.86. The fourth-order valence-electron chi connectivity index (χ4n) is 2.77. The molecule has 3 aromatic carbocycles. The van der Waals surface area contributed by atoms with E-state index in [4.69, 9.17) is 23.2 Å². The van der Waals surface area contributed by atoms with Gasteiger partial charge >= 0.3 is 0 Å². The van der Waals surface area contributed by atoms with Crippen molar-refractivity contribution in [2.45, 2.75) is 14.7 Å². The molecule has 0 aliphatic rings. The van der Waals surface area contributed by atoms with Gasteiger partial charge in [0, 0.05) is 32.9 Å². The number of benzene rings is 3. The van der Waals surface area contributed by atoms with Crippen LogP contribution in [-0.2, 0) is 10.0 Å². The number of sulfonamides is 1. The van der Waals surface area contributed by atoms with Crippen molar-refractivity contribution in [2.24, 2.45) is 0 Å². The smallest absolute Gasteiger partial charge is 0.264 e. The van der Waals surface area contributed by atoms with Gasteiger partial charge in [-0.05, 0) is 74.8 Å². The quantitative estimate of drug-likeness (QED) is 0.350. The largest absolute Gasteiger partial charge is 0.308 e. The molecule has 3 rings (SSSR count). The molecule has 9 heteroatoms. The molecule has 0 N–H and O–H groups in total. The predicted molar refractivity (Wildman–Crippen MR) is 134 cm³/mol. The zero-order valence-electron chi connectivity index (χ0n) is 17.0. The summed E-state index contributed by atoms with van der Waals surface area (Å²) in [5, 5.41) is 1.15. The average Bonchev–Trinajstić information content (AvgIpc) is 2.71. The number of likely N-dealkylation sites (N-methyl/N-ethyl adjacent to an activating group) is 1. The first-order valence-corrected chi connectivity index (χ1v) is 12.2. The van der Waals surface area contributed by atoms with Crippen LogP contribution in [0.4, 0.5) is 5.69 Å². The molecule has 4 nitrogen and oxygen atoms in total. The summed E-state index contributed by atoms with van der Waals surface area (Å²) in [6.45, 7) is 0.892. The van der Waals surface area contributed by atoms with Gasteiger partial charge in [-0.2, -0.15) is 0 Å². The number of halogens is 3. The molecule has 0 aromatic heterocycles. The molecule has 0 amide bonds. The monoisotopic (exact) mass is 516 g/mol. The van der Waals surface area contributed by atoms with E-state index in [2.05, 4.69) is 0 Å². The number of para-hydroxylation sites is 1. The van der Waals surface area contributed by atoms with E-state index in [1.54, 1.807) is 12.1 Å². The maximum absolute atomic E-state index is 13.5. The Morgan fingerprint density at radius 2 is 1.35 bits per heavy atom. The van der Waals surface area contributed by atoms with E-state index in [0.29, 0.717) is 28.8 Å². The Morgan fingerprint density at radius 3 is 1.94 bits per heavy atom. The molecule has 0 atom stereocenters. The average molecular weight is 518 g/mol. The van der Waals surface area contributed by atoms with Crippen LogP contribution in [0.5, 0.6) is 0 Å². The van der Waals surface area contributed by atoms with Gasteiger partial charge in [0.05, 0.1) is 10.6 Å². The van der Waals surface area contributed by atoms with E-state index in [0.717, 1.165) is 9.79 Å². The third kappa shape index (κ3) is 6.78. The summed E-state index contributed by atoms with van der Waals surface area (Å²) in [6, 6.07) is 21.2. The summed E-state index contributed by atoms with van der Waals surface area (Å²) in [7, 11) is 0.0618. The van der Waals surface area contributed by atoms with E-state index in [9.17, 15) is 8.42 Å². The molecule has 0 saturated carbocycles. The third-order valence-electron chi connectivity index (χ3n) is 4.33. The van der Waals surface area contributed by atoms with E-state index in [1.807, 2.05) is 67.5 Å².